The zero-order chi connectivity index (χ0) is 18.6. The second-order valence-corrected chi connectivity index (χ2v) is 8.00. The summed E-state index contributed by atoms with van der Waals surface area (Å²) in [4.78, 5) is 11.4. The molecule has 0 heterocycles. The summed E-state index contributed by atoms with van der Waals surface area (Å²) >= 11 is 6.17. The number of amides is 1. The van der Waals surface area contributed by atoms with Gasteiger partial charge in [-0.25, -0.2) is 8.42 Å². The molecule has 7 heteroatoms. The number of anilines is 1. The van der Waals surface area contributed by atoms with E-state index in [1.54, 1.807) is 44.2 Å². The fourth-order valence-electron chi connectivity index (χ4n) is 2.48. The summed E-state index contributed by atoms with van der Waals surface area (Å²) in [6.45, 7) is 5.37. The van der Waals surface area contributed by atoms with Crippen LogP contribution < -0.4 is 5.32 Å². The van der Waals surface area contributed by atoms with E-state index in [9.17, 15) is 13.2 Å². The molecule has 0 bridgehead atoms. The van der Waals surface area contributed by atoms with Crippen LogP contribution in [0.4, 0.5) is 5.69 Å². The Morgan fingerprint density at radius 3 is 2.48 bits per heavy atom. The van der Waals surface area contributed by atoms with E-state index in [2.05, 4.69) is 5.32 Å². The van der Waals surface area contributed by atoms with Crippen LogP contribution in [0.15, 0.2) is 47.4 Å². The number of carbonyl (C=O) groups is 1. The van der Waals surface area contributed by atoms with Crippen molar-refractivity contribution >= 4 is 33.2 Å². The molecule has 134 valence electrons. The Kier molecular flexibility index (Phi) is 6.21. The summed E-state index contributed by atoms with van der Waals surface area (Å²) in [6.07, 6.45) is 0. The number of aryl methyl sites for hydroxylation is 1. The quantitative estimate of drug-likeness (QED) is 0.828. The van der Waals surface area contributed by atoms with E-state index in [0.717, 1.165) is 5.56 Å². The molecule has 1 N–H and O–H groups in total. The topological polar surface area (TPSA) is 66.5 Å². The lowest BCUT2D eigenvalue weighted by Crippen LogP contribution is -2.31. The van der Waals surface area contributed by atoms with Crippen molar-refractivity contribution in [2.75, 3.05) is 11.9 Å². The van der Waals surface area contributed by atoms with Crippen LogP contribution in [0.2, 0.25) is 5.02 Å². The number of carbonyl (C=O) groups excluding carboxylic acids is 1. The predicted octanol–water partition coefficient (Wildman–Crippen LogP) is 3.82. The van der Waals surface area contributed by atoms with Gasteiger partial charge in [-0.3, -0.25) is 4.79 Å². The highest BCUT2D eigenvalue weighted by Gasteiger charge is 2.26. The average Bonchev–Trinajstić information content (AvgIpc) is 2.55. The third-order valence-corrected chi connectivity index (χ3v) is 6.22. The summed E-state index contributed by atoms with van der Waals surface area (Å²) in [7, 11) is -3.73. The molecule has 0 aromatic heterocycles. The number of halogens is 1. The van der Waals surface area contributed by atoms with Gasteiger partial charge < -0.3 is 5.32 Å². The Bertz CT molecular complexity index is 882. The average molecular weight is 381 g/mol. The van der Waals surface area contributed by atoms with Crippen molar-refractivity contribution in [1.82, 2.24) is 4.31 Å². The lowest BCUT2D eigenvalue weighted by atomic mass is 10.2. The number of hydrogen-bond donors (Lipinski definition) is 1. The smallest absolute Gasteiger partial charge is 0.243 e. The minimum Gasteiger partial charge on any atom is -0.326 e. The van der Waals surface area contributed by atoms with Gasteiger partial charge in [-0.15, -0.1) is 0 Å². The summed E-state index contributed by atoms with van der Waals surface area (Å²) < 4.78 is 27.6. The summed E-state index contributed by atoms with van der Waals surface area (Å²) in [5, 5.41) is 3.14. The molecule has 0 saturated carbocycles. The highest BCUT2D eigenvalue weighted by atomic mass is 35.5. The molecule has 0 aliphatic carbocycles. The second-order valence-electron chi connectivity index (χ2n) is 5.68. The van der Waals surface area contributed by atoms with Crippen LogP contribution in [-0.4, -0.2) is 25.2 Å². The highest BCUT2D eigenvalue weighted by molar-refractivity contribution is 7.89. The molecule has 0 aliphatic rings. The zero-order valence-electron chi connectivity index (χ0n) is 14.4. The third-order valence-electron chi connectivity index (χ3n) is 3.78. The van der Waals surface area contributed by atoms with E-state index in [0.29, 0.717) is 22.8 Å². The number of benzene rings is 2. The number of hydrogen-bond acceptors (Lipinski definition) is 3. The van der Waals surface area contributed by atoms with Crippen molar-refractivity contribution in [3.05, 3.63) is 58.6 Å². The SMILES string of the molecule is CCN(Cc1ccccc1Cl)S(=O)(=O)c1cc(NC(C)=O)ccc1C. The number of rotatable bonds is 6. The van der Waals surface area contributed by atoms with Crippen molar-refractivity contribution in [2.45, 2.75) is 32.2 Å². The van der Waals surface area contributed by atoms with Crippen LogP contribution in [0.25, 0.3) is 0 Å². The van der Waals surface area contributed by atoms with Crippen molar-refractivity contribution in [3.63, 3.8) is 0 Å². The molecule has 0 saturated heterocycles. The van der Waals surface area contributed by atoms with Gasteiger partial charge in [0.05, 0.1) is 4.90 Å². The monoisotopic (exact) mass is 380 g/mol. The first-order valence-electron chi connectivity index (χ1n) is 7.87. The van der Waals surface area contributed by atoms with E-state index < -0.39 is 10.0 Å². The molecular weight excluding hydrogens is 360 g/mol. The predicted molar refractivity (Wildman–Crippen MR) is 100 cm³/mol. The Morgan fingerprint density at radius 2 is 1.88 bits per heavy atom. The maximum atomic E-state index is 13.1. The van der Waals surface area contributed by atoms with E-state index in [1.807, 2.05) is 6.07 Å². The normalized spacial score (nSPS) is 11.6. The van der Waals surface area contributed by atoms with Crippen LogP contribution in [-0.2, 0) is 21.4 Å². The van der Waals surface area contributed by atoms with E-state index in [1.165, 1.54) is 17.3 Å². The third kappa shape index (κ3) is 4.60. The molecule has 0 fully saturated rings. The maximum Gasteiger partial charge on any atom is 0.243 e. The van der Waals surface area contributed by atoms with Crippen LogP contribution in [0.5, 0.6) is 0 Å². The summed E-state index contributed by atoms with van der Waals surface area (Å²) in [6, 6.07) is 12.0. The van der Waals surface area contributed by atoms with Gasteiger partial charge in [0.15, 0.2) is 0 Å². The molecule has 2 aromatic carbocycles. The first-order chi connectivity index (χ1) is 11.8. The van der Waals surface area contributed by atoms with Crippen molar-refractivity contribution in [1.29, 1.82) is 0 Å². The Labute approximate surface area is 153 Å². The Hall–Kier alpha value is -1.89. The van der Waals surface area contributed by atoms with E-state index in [-0.39, 0.29) is 17.3 Å². The molecule has 0 unspecified atom stereocenters. The number of nitrogens with one attached hydrogen (secondary N) is 1. The lowest BCUT2D eigenvalue weighted by molar-refractivity contribution is -0.114. The molecule has 0 radical (unpaired) electrons. The van der Waals surface area contributed by atoms with Crippen LogP contribution in [0, 0.1) is 6.92 Å². The van der Waals surface area contributed by atoms with Crippen molar-refractivity contribution in [3.8, 4) is 0 Å². The van der Waals surface area contributed by atoms with Gasteiger partial charge in [-0.2, -0.15) is 4.31 Å². The molecule has 5 nitrogen and oxygen atoms in total. The molecule has 25 heavy (non-hydrogen) atoms. The lowest BCUT2D eigenvalue weighted by Gasteiger charge is -2.22. The highest BCUT2D eigenvalue weighted by Crippen LogP contribution is 2.26. The minimum absolute atomic E-state index is 0.174. The van der Waals surface area contributed by atoms with E-state index in [4.69, 9.17) is 11.6 Å². The largest absolute Gasteiger partial charge is 0.326 e. The minimum atomic E-state index is -3.73. The zero-order valence-corrected chi connectivity index (χ0v) is 16.0. The first kappa shape index (κ1) is 19.4. The van der Waals surface area contributed by atoms with Gasteiger partial charge in [0.25, 0.3) is 0 Å². The maximum absolute atomic E-state index is 13.1. The molecule has 0 aliphatic heterocycles. The number of sulfonamides is 1. The Balaban J connectivity index is 2.41. The summed E-state index contributed by atoms with van der Waals surface area (Å²) in [5.74, 6) is -0.254. The van der Waals surface area contributed by atoms with Gasteiger partial charge >= 0.3 is 0 Å². The van der Waals surface area contributed by atoms with Gasteiger partial charge in [0.1, 0.15) is 0 Å². The van der Waals surface area contributed by atoms with Gasteiger partial charge in [-0.1, -0.05) is 42.8 Å². The molecule has 1 amide bonds. The van der Waals surface area contributed by atoms with Gasteiger partial charge in [-0.05, 0) is 36.2 Å². The van der Waals surface area contributed by atoms with Gasteiger partial charge in [0, 0.05) is 30.7 Å². The van der Waals surface area contributed by atoms with Crippen LogP contribution in [0.1, 0.15) is 25.0 Å². The van der Waals surface area contributed by atoms with Gasteiger partial charge in [0.2, 0.25) is 15.9 Å². The molecule has 0 spiro atoms. The Morgan fingerprint density at radius 1 is 1.20 bits per heavy atom. The number of nitrogens with zero attached hydrogens (tertiary/aromatic N) is 1. The van der Waals surface area contributed by atoms with E-state index >= 15 is 0 Å². The van der Waals surface area contributed by atoms with Crippen LogP contribution >= 0.6 is 11.6 Å². The molecular formula is C18H21ClN2O3S. The van der Waals surface area contributed by atoms with Crippen molar-refractivity contribution in [2.24, 2.45) is 0 Å². The molecule has 2 rings (SSSR count). The molecule has 2 aromatic rings. The molecule has 0 atom stereocenters. The fraction of sp³-hybridized carbons (Fsp3) is 0.278. The first-order valence-corrected chi connectivity index (χ1v) is 9.69. The van der Waals surface area contributed by atoms with Crippen LogP contribution in [0.3, 0.4) is 0 Å². The second kappa shape index (κ2) is 7.99. The fourth-order valence-corrected chi connectivity index (χ4v) is 4.35. The summed E-state index contributed by atoms with van der Waals surface area (Å²) in [5.41, 5.74) is 1.81. The standard InChI is InChI=1S/C18H21ClN2O3S/c1-4-21(12-15-7-5-6-8-17(15)19)25(23,24)18-11-16(20-14(3)22)10-9-13(18)2/h5-11H,4,12H2,1-3H3,(H,20,22). The van der Waals surface area contributed by atoms with Crippen molar-refractivity contribution < 1.29 is 13.2 Å².